The summed E-state index contributed by atoms with van der Waals surface area (Å²) in [6, 6.07) is 12.8. The van der Waals surface area contributed by atoms with E-state index >= 15 is 0 Å². The molecule has 0 amide bonds. The van der Waals surface area contributed by atoms with Crippen LogP contribution in [-0.2, 0) is 18.2 Å². The number of aryl methyl sites for hydroxylation is 1. The van der Waals surface area contributed by atoms with Gasteiger partial charge in [0.25, 0.3) is 5.79 Å². The summed E-state index contributed by atoms with van der Waals surface area (Å²) in [7, 11) is 3.48. The number of ether oxygens (including phenoxy) is 3. The summed E-state index contributed by atoms with van der Waals surface area (Å²) >= 11 is 0. The Morgan fingerprint density at radius 3 is 2.47 bits per heavy atom. The maximum atomic E-state index is 10.9. The number of hydrogen-bond donors (Lipinski definition) is 5. The molecule has 1 saturated heterocycles. The van der Waals surface area contributed by atoms with Gasteiger partial charge in [0.15, 0.2) is 6.10 Å². The third-order valence-electron chi connectivity index (χ3n) is 5.85. The van der Waals surface area contributed by atoms with Crippen molar-refractivity contribution >= 4 is 10.9 Å². The first-order valence-corrected chi connectivity index (χ1v) is 10.2. The average Bonchev–Trinajstić information content (AvgIpc) is 3.11. The standard InChI is InChI=1S/C23H27NO8/c1-24-11-14(10-13-6-8-15(30-2)9-7-13)19-16(24)4-3-5-17(19)32-23(29)21(27)20(26)18(12-25)31-22(23)28/h3-9,11,18,20-22,25-29H,10,12H2,1-2H3/t18-,20-,21+,22+,23+/m1/s1. The van der Waals surface area contributed by atoms with Crippen LogP contribution >= 0.6 is 0 Å². The summed E-state index contributed by atoms with van der Waals surface area (Å²) in [5.74, 6) is -1.70. The maximum Gasteiger partial charge on any atom is 0.288 e. The van der Waals surface area contributed by atoms with Crippen molar-refractivity contribution in [1.82, 2.24) is 4.57 Å². The summed E-state index contributed by atoms with van der Waals surface area (Å²) in [6.45, 7) is -0.647. The van der Waals surface area contributed by atoms with Crippen molar-refractivity contribution in [2.75, 3.05) is 13.7 Å². The van der Waals surface area contributed by atoms with Gasteiger partial charge >= 0.3 is 0 Å². The number of rotatable bonds is 6. The highest BCUT2D eigenvalue weighted by molar-refractivity contribution is 5.90. The summed E-state index contributed by atoms with van der Waals surface area (Å²) in [4.78, 5) is 0. The Bertz CT molecular complexity index is 1080. The lowest BCUT2D eigenvalue weighted by atomic mass is 9.95. The van der Waals surface area contributed by atoms with Crippen LogP contribution in [0.5, 0.6) is 11.5 Å². The molecular weight excluding hydrogens is 418 g/mol. The van der Waals surface area contributed by atoms with Gasteiger partial charge in [0, 0.05) is 18.6 Å². The van der Waals surface area contributed by atoms with Crippen molar-refractivity contribution in [3.05, 3.63) is 59.8 Å². The van der Waals surface area contributed by atoms with Crippen LogP contribution in [-0.4, -0.2) is 74.2 Å². The summed E-state index contributed by atoms with van der Waals surface area (Å²) in [5, 5.41) is 51.8. The SMILES string of the molecule is COc1ccc(Cc2cn(C)c3cccc(O[C@]4(O)[C@@H](O)O[C@H](CO)[C@@H](O)[C@@H]4O)c23)cc1. The van der Waals surface area contributed by atoms with Gasteiger partial charge in [0.05, 0.1) is 19.2 Å². The van der Waals surface area contributed by atoms with Crippen LogP contribution in [0, 0.1) is 0 Å². The van der Waals surface area contributed by atoms with E-state index in [0.29, 0.717) is 11.8 Å². The number of benzene rings is 2. The van der Waals surface area contributed by atoms with E-state index in [4.69, 9.17) is 14.2 Å². The molecule has 0 saturated carbocycles. The van der Waals surface area contributed by atoms with Gasteiger partial charge < -0.3 is 44.3 Å². The Kier molecular flexibility index (Phi) is 6.13. The van der Waals surface area contributed by atoms with Gasteiger partial charge in [-0.05, 0) is 41.8 Å². The second kappa shape index (κ2) is 8.70. The number of aliphatic hydroxyl groups is 5. The van der Waals surface area contributed by atoms with Gasteiger partial charge in [-0.15, -0.1) is 0 Å². The highest BCUT2D eigenvalue weighted by Crippen LogP contribution is 2.37. The van der Waals surface area contributed by atoms with E-state index in [0.717, 1.165) is 22.4 Å². The van der Waals surface area contributed by atoms with E-state index < -0.39 is 37.0 Å². The zero-order valence-electron chi connectivity index (χ0n) is 17.8. The van der Waals surface area contributed by atoms with E-state index in [1.54, 1.807) is 19.2 Å². The number of aromatic nitrogens is 1. The van der Waals surface area contributed by atoms with E-state index in [9.17, 15) is 25.5 Å². The van der Waals surface area contributed by atoms with Crippen LogP contribution in [0.15, 0.2) is 48.7 Å². The fourth-order valence-corrected chi connectivity index (χ4v) is 4.06. The third kappa shape index (κ3) is 3.83. The van der Waals surface area contributed by atoms with Gasteiger partial charge in [0.1, 0.15) is 23.7 Å². The van der Waals surface area contributed by atoms with Crippen molar-refractivity contribution < 1.29 is 39.7 Å². The first-order chi connectivity index (χ1) is 15.3. The minimum Gasteiger partial charge on any atom is -0.497 e. The quantitative estimate of drug-likeness (QED) is 0.342. The van der Waals surface area contributed by atoms with Crippen molar-refractivity contribution in [1.29, 1.82) is 0 Å². The molecule has 5 atom stereocenters. The van der Waals surface area contributed by atoms with E-state index in [-0.39, 0.29) is 5.75 Å². The molecule has 4 rings (SSSR count). The molecule has 1 fully saturated rings. The maximum absolute atomic E-state index is 10.9. The van der Waals surface area contributed by atoms with Crippen LogP contribution in [0.3, 0.4) is 0 Å². The molecule has 32 heavy (non-hydrogen) atoms. The molecule has 9 nitrogen and oxygen atoms in total. The largest absolute Gasteiger partial charge is 0.497 e. The van der Waals surface area contributed by atoms with Gasteiger partial charge in [-0.3, -0.25) is 0 Å². The average molecular weight is 445 g/mol. The smallest absolute Gasteiger partial charge is 0.288 e. The Morgan fingerprint density at radius 1 is 1.09 bits per heavy atom. The van der Waals surface area contributed by atoms with Crippen molar-refractivity contribution in [3.8, 4) is 11.5 Å². The van der Waals surface area contributed by atoms with E-state index in [2.05, 4.69) is 0 Å². The summed E-state index contributed by atoms with van der Waals surface area (Å²) in [6.07, 6.45) is -4.36. The molecule has 1 aliphatic heterocycles. The molecule has 172 valence electrons. The van der Waals surface area contributed by atoms with Crippen LogP contribution in [0.4, 0.5) is 0 Å². The number of methoxy groups -OCH3 is 1. The topological polar surface area (TPSA) is 134 Å². The number of nitrogens with zero attached hydrogens (tertiary/aromatic N) is 1. The summed E-state index contributed by atoms with van der Waals surface area (Å²) < 4.78 is 17.9. The molecule has 5 N–H and O–H groups in total. The van der Waals surface area contributed by atoms with Crippen LogP contribution in [0.25, 0.3) is 10.9 Å². The first-order valence-electron chi connectivity index (χ1n) is 10.2. The molecular formula is C23H27NO8. The molecule has 0 bridgehead atoms. The first kappa shape index (κ1) is 22.5. The minimum atomic E-state index is -2.65. The molecule has 3 aromatic rings. The van der Waals surface area contributed by atoms with Crippen LogP contribution < -0.4 is 9.47 Å². The lowest BCUT2D eigenvalue weighted by Crippen LogP contribution is -2.69. The van der Waals surface area contributed by atoms with Crippen molar-refractivity contribution in [3.63, 3.8) is 0 Å². The third-order valence-corrected chi connectivity index (χ3v) is 5.85. The fourth-order valence-electron chi connectivity index (χ4n) is 4.06. The zero-order chi connectivity index (χ0) is 23.0. The lowest BCUT2D eigenvalue weighted by molar-refractivity contribution is -0.385. The van der Waals surface area contributed by atoms with Crippen LogP contribution in [0.2, 0.25) is 0 Å². The molecule has 9 heteroatoms. The highest BCUT2D eigenvalue weighted by Gasteiger charge is 2.57. The molecule has 0 spiro atoms. The van der Waals surface area contributed by atoms with Gasteiger partial charge in [-0.2, -0.15) is 0 Å². The Labute approximate surface area is 184 Å². The number of aliphatic hydroxyl groups excluding tert-OH is 4. The second-order valence-electron chi connectivity index (χ2n) is 7.94. The number of hydrogen-bond acceptors (Lipinski definition) is 8. The predicted molar refractivity (Wildman–Crippen MR) is 114 cm³/mol. The number of fused-ring (bicyclic) bond motifs is 1. The second-order valence-corrected chi connectivity index (χ2v) is 7.94. The minimum absolute atomic E-state index is 0.200. The van der Waals surface area contributed by atoms with Gasteiger partial charge in [0.2, 0.25) is 6.29 Å². The van der Waals surface area contributed by atoms with Gasteiger partial charge in [-0.1, -0.05) is 18.2 Å². The Hall–Kier alpha value is -2.66. The van der Waals surface area contributed by atoms with Gasteiger partial charge in [-0.25, -0.2) is 0 Å². The van der Waals surface area contributed by atoms with E-state index in [1.807, 2.05) is 48.1 Å². The van der Waals surface area contributed by atoms with Crippen LogP contribution in [0.1, 0.15) is 11.1 Å². The summed E-state index contributed by atoms with van der Waals surface area (Å²) in [5.41, 5.74) is 2.72. The fraction of sp³-hybridized carbons (Fsp3) is 0.391. The molecule has 0 radical (unpaired) electrons. The predicted octanol–water partition coefficient (Wildman–Crippen LogP) is 0.276. The van der Waals surface area contributed by atoms with Crippen molar-refractivity contribution in [2.45, 2.75) is 36.8 Å². The normalized spacial score (nSPS) is 28.1. The molecule has 1 aromatic heterocycles. The Morgan fingerprint density at radius 2 is 1.81 bits per heavy atom. The Balaban J connectivity index is 1.71. The van der Waals surface area contributed by atoms with Crippen molar-refractivity contribution in [2.24, 2.45) is 7.05 Å². The molecule has 0 unspecified atom stereocenters. The van der Waals surface area contributed by atoms with E-state index in [1.165, 1.54) is 0 Å². The highest BCUT2D eigenvalue weighted by atomic mass is 16.7. The zero-order valence-corrected chi connectivity index (χ0v) is 17.8. The lowest BCUT2D eigenvalue weighted by Gasteiger charge is -2.45. The molecule has 2 aromatic carbocycles. The monoisotopic (exact) mass is 445 g/mol. The molecule has 2 heterocycles. The molecule has 1 aliphatic rings. The molecule has 0 aliphatic carbocycles.